The summed E-state index contributed by atoms with van der Waals surface area (Å²) in [4.78, 5) is 24.0. The van der Waals surface area contributed by atoms with Crippen LogP contribution in [0.5, 0.6) is 0 Å². The summed E-state index contributed by atoms with van der Waals surface area (Å²) in [6, 6.07) is 5.40. The first kappa shape index (κ1) is 14.0. The maximum Gasteiger partial charge on any atom is 0.268 e. The van der Waals surface area contributed by atoms with Crippen LogP contribution in [-0.2, 0) is 7.05 Å². The lowest BCUT2D eigenvalue weighted by atomic mass is 10.1. The number of anilines is 2. The Hall–Kier alpha value is -2.95. The Labute approximate surface area is 127 Å². The minimum Gasteiger partial charge on any atom is -0.366 e. The third-order valence-electron chi connectivity index (χ3n) is 3.80. The van der Waals surface area contributed by atoms with Crippen LogP contribution in [0.15, 0.2) is 29.3 Å². The fourth-order valence-electron chi connectivity index (χ4n) is 2.29. The van der Waals surface area contributed by atoms with E-state index < -0.39 is 0 Å². The second-order valence-corrected chi connectivity index (χ2v) is 5.20. The highest BCUT2D eigenvalue weighted by Gasteiger charge is 2.31. The Bertz CT molecular complexity index is 788. The van der Waals surface area contributed by atoms with E-state index in [4.69, 9.17) is 5.26 Å². The molecule has 0 atom stereocenters. The zero-order valence-corrected chi connectivity index (χ0v) is 12.3. The Morgan fingerprint density at radius 3 is 2.91 bits per heavy atom. The fraction of sp³-hybridized carbons (Fsp3) is 0.357. The lowest BCUT2D eigenvalue weighted by molar-refractivity contribution is 0.488. The van der Waals surface area contributed by atoms with Crippen molar-refractivity contribution in [2.45, 2.75) is 6.04 Å². The number of nitriles is 1. The fourth-order valence-corrected chi connectivity index (χ4v) is 2.29. The molecule has 0 unspecified atom stereocenters. The van der Waals surface area contributed by atoms with E-state index in [0.29, 0.717) is 11.6 Å². The van der Waals surface area contributed by atoms with Gasteiger partial charge in [0.15, 0.2) is 0 Å². The van der Waals surface area contributed by atoms with E-state index in [2.05, 4.69) is 20.0 Å². The molecule has 3 rings (SSSR count). The van der Waals surface area contributed by atoms with Crippen LogP contribution >= 0.6 is 0 Å². The minimum atomic E-state index is -0.126. The van der Waals surface area contributed by atoms with Crippen molar-refractivity contribution in [3.05, 3.63) is 40.6 Å². The summed E-state index contributed by atoms with van der Waals surface area (Å²) < 4.78 is 1.30. The van der Waals surface area contributed by atoms with Crippen LogP contribution in [0, 0.1) is 11.3 Å². The topological polar surface area (TPSA) is 90.9 Å². The molecule has 2 aromatic heterocycles. The van der Waals surface area contributed by atoms with Gasteiger partial charge in [-0.25, -0.2) is 14.6 Å². The Balaban J connectivity index is 1.68. The van der Waals surface area contributed by atoms with E-state index in [9.17, 15) is 4.79 Å². The van der Waals surface area contributed by atoms with E-state index in [1.165, 1.54) is 4.68 Å². The summed E-state index contributed by atoms with van der Waals surface area (Å²) >= 11 is 0. The van der Waals surface area contributed by atoms with E-state index in [0.717, 1.165) is 18.8 Å². The molecule has 1 aliphatic heterocycles. The molecule has 2 aromatic rings. The molecule has 0 radical (unpaired) electrons. The quantitative estimate of drug-likeness (QED) is 0.772. The number of nitrogens with zero attached hydrogens (tertiary/aromatic N) is 7. The number of hydrogen-bond donors (Lipinski definition) is 0. The van der Waals surface area contributed by atoms with Crippen molar-refractivity contribution < 1.29 is 0 Å². The van der Waals surface area contributed by atoms with E-state index in [-0.39, 0.29) is 11.6 Å². The van der Waals surface area contributed by atoms with Gasteiger partial charge in [0.1, 0.15) is 11.8 Å². The molecule has 8 nitrogen and oxygen atoms in total. The molecule has 8 heteroatoms. The average molecular weight is 297 g/mol. The van der Waals surface area contributed by atoms with Crippen molar-refractivity contribution in [2.75, 3.05) is 29.9 Å². The monoisotopic (exact) mass is 297 g/mol. The predicted molar refractivity (Wildman–Crippen MR) is 80.6 cm³/mol. The van der Waals surface area contributed by atoms with Gasteiger partial charge in [0, 0.05) is 39.4 Å². The standard InChI is InChI=1S/C14H15N7O/c1-19(14-16-4-3-10(6-15)18-14)12-8-21(9-12)11-5-13(22)20(2)17-7-11/h3-5,7,12H,8-9H2,1-2H3. The second kappa shape index (κ2) is 5.44. The molecular formula is C14H15N7O. The summed E-state index contributed by atoms with van der Waals surface area (Å²) in [5, 5.41) is 12.9. The molecule has 112 valence electrons. The largest absolute Gasteiger partial charge is 0.366 e. The van der Waals surface area contributed by atoms with Crippen LogP contribution < -0.4 is 15.4 Å². The lowest BCUT2D eigenvalue weighted by Gasteiger charge is -2.45. The summed E-state index contributed by atoms with van der Waals surface area (Å²) in [6.45, 7) is 1.51. The van der Waals surface area contributed by atoms with Crippen molar-refractivity contribution in [3.63, 3.8) is 0 Å². The highest BCUT2D eigenvalue weighted by molar-refractivity contribution is 5.49. The first-order valence-electron chi connectivity index (χ1n) is 6.83. The van der Waals surface area contributed by atoms with Gasteiger partial charge >= 0.3 is 0 Å². The molecule has 0 bridgehead atoms. The summed E-state index contributed by atoms with van der Waals surface area (Å²) in [5.74, 6) is 0.533. The molecule has 0 saturated carbocycles. The van der Waals surface area contributed by atoms with Gasteiger partial charge in [0.05, 0.1) is 17.9 Å². The zero-order chi connectivity index (χ0) is 15.7. The van der Waals surface area contributed by atoms with Crippen LogP contribution in [0.1, 0.15) is 5.69 Å². The average Bonchev–Trinajstić information content (AvgIpc) is 2.49. The second-order valence-electron chi connectivity index (χ2n) is 5.20. The SMILES string of the molecule is CN(c1nccc(C#N)n1)C1CN(c2cnn(C)c(=O)c2)C1. The highest BCUT2D eigenvalue weighted by Crippen LogP contribution is 2.23. The number of aryl methyl sites for hydroxylation is 1. The molecule has 0 spiro atoms. The molecular weight excluding hydrogens is 282 g/mol. The molecule has 22 heavy (non-hydrogen) atoms. The van der Waals surface area contributed by atoms with Crippen LogP contribution in [0.2, 0.25) is 0 Å². The molecule has 1 saturated heterocycles. The van der Waals surface area contributed by atoms with Crippen molar-refractivity contribution in [1.29, 1.82) is 5.26 Å². The van der Waals surface area contributed by atoms with Gasteiger partial charge in [-0.15, -0.1) is 0 Å². The first-order valence-corrected chi connectivity index (χ1v) is 6.83. The lowest BCUT2D eigenvalue weighted by Crippen LogP contribution is -2.59. The van der Waals surface area contributed by atoms with Crippen LogP contribution in [-0.4, -0.2) is 45.9 Å². The minimum absolute atomic E-state index is 0.126. The highest BCUT2D eigenvalue weighted by atomic mass is 16.1. The van der Waals surface area contributed by atoms with Gasteiger partial charge in [-0.3, -0.25) is 4.79 Å². The molecule has 1 aliphatic rings. The summed E-state index contributed by atoms with van der Waals surface area (Å²) in [5.41, 5.74) is 1.04. The smallest absolute Gasteiger partial charge is 0.268 e. The molecule has 1 fully saturated rings. The van der Waals surface area contributed by atoms with E-state index in [1.807, 2.05) is 18.0 Å². The third-order valence-corrected chi connectivity index (χ3v) is 3.80. The van der Waals surface area contributed by atoms with Crippen molar-refractivity contribution in [1.82, 2.24) is 19.7 Å². The van der Waals surface area contributed by atoms with Gasteiger partial charge in [-0.2, -0.15) is 10.4 Å². The van der Waals surface area contributed by atoms with Gasteiger partial charge in [-0.05, 0) is 6.07 Å². The van der Waals surface area contributed by atoms with Crippen molar-refractivity contribution in [2.24, 2.45) is 7.05 Å². The Kier molecular flexibility index (Phi) is 3.47. The van der Waals surface area contributed by atoms with Crippen LogP contribution in [0.3, 0.4) is 0 Å². The predicted octanol–water partition coefficient (Wildman–Crippen LogP) is -0.233. The van der Waals surface area contributed by atoms with E-state index in [1.54, 1.807) is 31.6 Å². The number of rotatable bonds is 3. The van der Waals surface area contributed by atoms with Gasteiger partial charge < -0.3 is 9.80 Å². The Morgan fingerprint density at radius 2 is 2.23 bits per heavy atom. The van der Waals surface area contributed by atoms with Gasteiger partial charge in [-0.1, -0.05) is 0 Å². The van der Waals surface area contributed by atoms with Gasteiger partial charge in [0.25, 0.3) is 5.56 Å². The number of likely N-dealkylation sites (N-methyl/N-ethyl adjacent to an activating group) is 1. The van der Waals surface area contributed by atoms with Crippen LogP contribution in [0.25, 0.3) is 0 Å². The van der Waals surface area contributed by atoms with Crippen molar-refractivity contribution in [3.8, 4) is 6.07 Å². The number of aromatic nitrogens is 4. The third kappa shape index (κ3) is 2.48. The summed E-state index contributed by atoms with van der Waals surface area (Å²) in [6.07, 6.45) is 3.27. The molecule has 0 N–H and O–H groups in total. The molecule has 0 aliphatic carbocycles. The van der Waals surface area contributed by atoms with E-state index >= 15 is 0 Å². The Morgan fingerprint density at radius 1 is 1.45 bits per heavy atom. The van der Waals surface area contributed by atoms with Crippen molar-refractivity contribution >= 4 is 11.6 Å². The number of hydrogen-bond acceptors (Lipinski definition) is 7. The van der Waals surface area contributed by atoms with Gasteiger partial charge in [0.2, 0.25) is 5.95 Å². The maximum atomic E-state index is 11.6. The zero-order valence-electron chi connectivity index (χ0n) is 12.3. The summed E-state index contributed by atoms with van der Waals surface area (Å²) in [7, 11) is 3.53. The molecule has 0 amide bonds. The molecule has 3 heterocycles. The maximum absolute atomic E-state index is 11.6. The normalized spacial score (nSPS) is 14.3. The first-order chi connectivity index (χ1) is 10.6. The molecule has 0 aromatic carbocycles. The van der Waals surface area contributed by atoms with Crippen LogP contribution in [0.4, 0.5) is 11.6 Å².